The third-order valence-corrected chi connectivity index (χ3v) is 2.75. The van der Waals surface area contributed by atoms with E-state index in [1.54, 1.807) is 19.1 Å². The van der Waals surface area contributed by atoms with Gasteiger partial charge in [-0.05, 0) is 43.3 Å². The Bertz CT molecular complexity index is 561. The SMILES string of the molecule is Cc1ccc(C(CN)Oc2ccc(C(F)(F)F)cc2)o1. The summed E-state index contributed by atoms with van der Waals surface area (Å²) in [4.78, 5) is 0. The van der Waals surface area contributed by atoms with E-state index in [0.717, 1.165) is 17.9 Å². The molecule has 0 aliphatic rings. The summed E-state index contributed by atoms with van der Waals surface area (Å²) in [5, 5.41) is 0. The number of hydrogen-bond donors (Lipinski definition) is 1. The second-order valence-electron chi connectivity index (χ2n) is 4.31. The zero-order valence-corrected chi connectivity index (χ0v) is 10.8. The van der Waals surface area contributed by atoms with Crippen molar-refractivity contribution >= 4 is 0 Å². The molecule has 2 aromatic rings. The van der Waals surface area contributed by atoms with E-state index >= 15 is 0 Å². The molecule has 3 nitrogen and oxygen atoms in total. The van der Waals surface area contributed by atoms with E-state index in [1.807, 2.05) is 0 Å². The topological polar surface area (TPSA) is 48.4 Å². The Morgan fingerprint density at radius 1 is 1.15 bits per heavy atom. The maximum Gasteiger partial charge on any atom is 0.416 e. The van der Waals surface area contributed by atoms with Crippen molar-refractivity contribution in [2.45, 2.75) is 19.2 Å². The van der Waals surface area contributed by atoms with E-state index in [-0.39, 0.29) is 6.54 Å². The number of nitrogens with two attached hydrogens (primary N) is 1. The van der Waals surface area contributed by atoms with Gasteiger partial charge in [0.1, 0.15) is 17.3 Å². The molecule has 1 atom stereocenters. The molecule has 6 heteroatoms. The second-order valence-corrected chi connectivity index (χ2v) is 4.31. The number of aryl methyl sites for hydroxylation is 1. The number of alkyl halides is 3. The predicted octanol–water partition coefficient (Wildman–Crippen LogP) is 3.69. The standard InChI is InChI=1S/C14H14F3NO2/c1-9-2-7-12(19-9)13(8-18)20-11-5-3-10(4-6-11)14(15,16)17/h2-7,13H,8,18H2,1H3. The Kier molecular flexibility index (Phi) is 4.04. The van der Waals surface area contributed by atoms with Crippen molar-refractivity contribution in [2.75, 3.05) is 6.54 Å². The fourth-order valence-corrected chi connectivity index (χ4v) is 1.74. The number of rotatable bonds is 4. The van der Waals surface area contributed by atoms with E-state index in [9.17, 15) is 13.2 Å². The van der Waals surface area contributed by atoms with Gasteiger partial charge in [-0.15, -0.1) is 0 Å². The van der Waals surface area contributed by atoms with Crippen LogP contribution in [0.1, 0.15) is 23.2 Å². The molecule has 0 bridgehead atoms. The molecule has 20 heavy (non-hydrogen) atoms. The van der Waals surface area contributed by atoms with E-state index in [4.69, 9.17) is 14.9 Å². The summed E-state index contributed by atoms with van der Waals surface area (Å²) < 4.78 is 48.3. The molecule has 0 saturated heterocycles. The molecule has 1 aromatic heterocycles. The highest BCUT2D eigenvalue weighted by Crippen LogP contribution is 2.31. The lowest BCUT2D eigenvalue weighted by atomic mass is 10.2. The number of hydrogen-bond acceptors (Lipinski definition) is 3. The molecule has 0 radical (unpaired) electrons. The lowest BCUT2D eigenvalue weighted by molar-refractivity contribution is -0.137. The van der Waals surface area contributed by atoms with Crippen molar-refractivity contribution in [2.24, 2.45) is 5.73 Å². The van der Waals surface area contributed by atoms with Crippen LogP contribution in [0.4, 0.5) is 13.2 Å². The van der Waals surface area contributed by atoms with Crippen molar-refractivity contribution in [3.05, 3.63) is 53.5 Å². The molecule has 1 unspecified atom stereocenters. The lowest BCUT2D eigenvalue weighted by Gasteiger charge is -2.16. The van der Waals surface area contributed by atoms with Crippen molar-refractivity contribution < 1.29 is 22.3 Å². The van der Waals surface area contributed by atoms with Crippen molar-refractivity contribution in [1.82, 2.24) is 0 Å². The highest BCUT2D eigenvalue weighted by Gasteiger charge is 2.30. The zero-order valence-electron chi connectivity index (χ0n) is 10.8. The Morgan fingerprint density at radius 3 is 2.25 bits per heavy atom. The summed E-state index contributed by atoms with van der Waals surface area (Å²) in [7, 11) is 0. The largest absolute Gasteiger partial charge is 0.481 e. The monoisotopic (exact) mass is 285 g/mol. The number of benzene rings is 1. The summed E-state index contributed by atoms with van der Waals surface area (Å²) in [6.07, 6.45) is -4.88. The normalized spacial score (nSPS) is 13.2. The van der Waals surface area contributed by atoms with Crippen LogP contribution in [0.2, 0.25) is 0 Å². The molecule has 0 spiro atoms. The van der Waals surface area contributed by atoms with Crippen molar-refractivity contribution in [3.8, 4) is 5.75 Å². The Balaban J connectivity index is 2.12. The molecule has 2 rings (SSSR count). The van der Waals surface area contributed by atoms with Gasteiger partial charge >= 0.3 is 6.18 Å². The van der Waals surface area contributed by atoms with E-state index in [0.29, 0.717) is 11.5 Å². The molecular weight excluding hydrogens is 271 g/mol. The minimum atomic E-state index is -4.36. The molecule has 1 aromatic carbocycles. The average molecular weight is 285 g/mol. The van der Waals surface area contributed by atoms with E-state index in [2.05, 4.69) is 0 Å². The molecule has 0 fully saturated rings. The van der Waals surface area contributed by atoms with Crippen molar-refractivity contribution in [3.63, 3.8) is 0 Å². The first kappa shape index (κ1) is 14.5. The van der Waals surface area contributed by atoms with Gasteiger partial charge in [-0.1, -0.05) is 0 Å². The summed E-state index contributed by atoms with van der Waals surface area (Å²) in [5.41, 5.74) is 4.88. The second kappa shape index (κ2) is 5.58. The summed E-state index contributed by atoms with van der Waals surface area (Å²) in [5.74, 6) is 1.57. The molecule has 2 N–H and O–H groups in total. The Hall–Kier alpha value is -1.95. The summed E-state index contributed by atoms with van der Waals surface area (Å²) in [6.45, 7) is 1.95. The van der Waals surface area contributed by atoms with Crippen molar-refractivity contribution in [1.29, 1.82) is 0 Å². The minimum Gasteiger partial charge on any atom is -0.481 e. The van der Waals surface area contributed by atoms with Crippen LogP contribution in [0.25, 0.3) is 0 Å². The highest BCUT2D eigenvalue weighted by atomic mass is 19.4. The van der Waals surface area contributed by atoms with Gasteiger partial charge in [0.15, 0.2) is 6.10 Å². The fourth-order valence-electron chi connectivity index (χ4n) is 1.74. The number of halogens is 3. The quantitative estimate of drug-likeness (QED) is 0.932. The predicted molar refractivity (Wildman–Crippen MR) is 67.3 cm³/mol. The number of ether oxygens (including phenoxy) is 1. The lowest BCUT2D eigenvalue weighted by Crippen LogP contribution is -2.18. The van der Waals surface area contributed by atoms with Crippen LogP contribution in [0.15, 0.2) is 40.8 Å². The summed E-state index contributed by atoms with van der Waals surface area (Å²) >= 11 is 0. The van der Waals surface area contributed by atoms with Crippen LogP contribution >= 0.6 is 0 Å². The van der Waals surface area contributed by atoms with Gasteiger partial charge in [-0.25, -0.2) is 0 Å². The molecule has 108 valence electrons. The highest BCUT2D eigenvalue weighted by molar-refractivity contribution is 5.29. The van der Waals surface area contributed by atoms with Crippen LogP contribution in [0, 0.1) is 6.92 Å². The molecular formula is C14H14F3NO2. The first-order valence-electron chi connectivity index (χ1n) is 6.00. The molecule has 0 amide bonds. The van der Waals surface area contributed by atoms with E-state index in [1.165, 1.54) is 12.1 Å². The molecule has 0 aliphatic heterocycles. The van der Waals surface area contributed by atoms with Gasteiger partial charge in [0.05, 0.1) is 5.56 Å². The third kappa shape index (κ3) is 3.33. The maximum absolute atomic E-state index is 12.4. The van der Waals surface area contributed by atoms with Crippen LogP contribution in [0.5, 0.6) is 5.75 Å². The smallest absolute Gasteiger partial charge is 0.416 e. The first-order chi connectivity index (χ1) is 9.40. The van der Waals surface area contributed by atoms with Gasteiger partial charge < -0.3 is 14.9 Å². The van der Waals surface area contributed by atoms with Gasteiger partial charge in [0.2, 0.25) is 0 Å². The fraction of sp³-hybridized carbons (Fsp3) is 0.286. The first-order valence-corrected chi connectivity index (χ1v) is 6.00. The maximum atomic E-state index is 12.4. The van der Waals surface area contributed by atoms with Gasteiger partial charge in [-0.2, -0.15) is 13.2 Å². The van der Waals surface area contributed by atoms with Gasteiger partial charge in [0.25, 0.3) is 0 Å². The van der Waals surface area contributed by atoms with Crippen LogP contribution in [-0.4, -0.2) is 6.54 Å². The molecule has 1 heterocycles. The van der Waals surface area contributed by atoms with Gasteiger partial charge in [-0.3, -0.25) is 0 Å². The Morgan fingerprint density at radius 2 is 1.80 bits per heavy atom. The average Bonchev–Trinajstić information content (AvgIpc) is 2.82. The Labute approximate surface area is 114 Å². The van der Waals surface area contributed by atoms with Gasteiger partial charge in [0, 0.05) is 6.54 Å². The third-order valence-electron chi connectivity index (χ3n) is 2.75. The molecule has 0 aliphatic carbocycles. The van der Waals surface area contributed by atoms with E-state index < -0.39 is 17.8 Å². The number of furan rings is 1. The van der Waals surface area contributed by atoms with Crippen LogP contribution in [0.3, 0.4) is 0 Å². The van der Waals surface area contributed by atoms with Crippen LogP contribution in [-0.2, 0) is 6.18 Å². The molecule has 0 saturated carbocycles. The minimum absolute atomic E-state index is 0.161. The summed E-state index contributed by atoms with van der Waals surface area (Å²) in [6, 6.07) is 7.97. The van der Waals surface area contributed by atoms with Crippen LogP contribution < -0.4 is 10.5 Å². The zero-order chi connectivity index (χ0) is 14.8.